The number of para-hydroxylation sites is 2. The van der Waals surface area contributed by atoms with Crippen LogP contribution in [0.1, 0.15) is 49.6 Å². The number of unbranched alkanes of at least 4 members (excludes halogenated alkanes) is 1. The summed E-state index contributed by atoms with van der Waals surface area (Å²) in [5.74, 6) is 0.264. The summed E-state index contributed by atoms with van der Waals surface area (Å²) >= 11 is 1.63. The summed E-state index contributed by atoms with van der Waals surface area (Å²) in [6.45, 7) is 1.73. The van der Waals surface area contributed by atoms with Crippen LogP contribution >= 0.6 is 11.3 Å². The van der Waals surface area contributed by atoms with Gasteiger partial charge in [-0.3, -0.25) is 9.36 Å². The molecule has 2 aliphatic heterocycles. The molecule has 2 atom stereocenters. The molecule has 35 heavy (non-hydrogen) atoms. The first-order chi connectivity index (χ1) is 17.1. The number of nitrogens with zero attached hydrogens (tertiary/aromatic N) is 2. The monoisotopic (exact) mass is 497 g/mol. The molecule has 0 unspecified atom stereocenters. The number of allylic oxidation sites excluding steroid dienone is 1. The molecule has 1 aromatic carbocycles. The number of carbonyl (C=O) groups is 1. The number of nitrogens with one attached hydrogen (secondary N) is 1. The van der Waals surface area contributed by atoms with Crippen molar-refractivity contribution in [2.75, 3.05) is 26.3 Å². The number of thiophene rings is 1. The summed E-state index contributed by atoms with van der Waals surface area (Å²) < 4.78 is 13.8. The van der Waals surface area contributed by atoms with E-state index in [0.29, 0.717) is 51.1 Å². The van der Waals surface area contributed by atoms with Gasteiger partial charge >= 0.3 is 5.69 Å². The molecule has 0 bridgehead atoms. The molecule has 0 aliphatic carbocycles. The second kappa shape index (κ2) is 10.8. The van der Waals surface area contributed by atoms with E-state index in [4.69, 9.17) is 14.6 Å². The summed E-state index contributed by atoms with van der Waals surface area (Å²) in [6.07, 6.45) is 4.91. The summed E-state index contributed by atoms with van der Waals surface area (Å²) in [5.41, 5.74) is 2.79. The van der Waals surface area contributed by atoms with E-state index in [9.17, 15) is 9.59 Å². The topological polar surface area (TPSA) is 96.8 Å². The van der Waals surface area contributed by atoms with Crippen LogP contribution in [-0.2, 0) is 14.3 Å². The van der Waals surface area contributed by atoms with Gasteiger partial charge in [-0.25, -0.2) is 4.79 Å². The van der Waals surface area contributed by atoms with Gasteiger partial charge in [0.25, 0.3) is 5.91 Å². The third kappa shape index (κ3) is 5.22. The molecule has 9 heteroatoms. The Bertz CT molecular complexity index is 1220. The van der Waals surface area contributed by atoms with Gasteiger partial charge in [-0.1, -0.05) is 12.1 Å². The van der Waals surface area contributed by atoms with E-state index >= 15 is 0 Å². The highest BCUT2D eigenvalue weighted by molar-refractivity contribution is 7.08. The van der Waals surface area contributed by atoms with Crippen LogP contribution in [0.25, 0.3) is 11.0 Å². The van der Waals surface area contributed by atoms with Crippen molar-refractivity contribution in [1.82, 2.24) is 14.5 Å². The average molecular weight is 498 g/mol. The number of fused-ring (bicyclic) bond motifs is 1. The summed E-state index contributed by atoms with van der Waals surface area (Å²) in [4.78, 5) is 30.8. The smallest absolute Gasteiger partial charge is 0.326 e. The van der Waals surface area contributed by atoms with Gasteiger partial charge < -0.3 is 24.5 Å². The number of hydrogen-bond donors (Lipinski definition) is 2. The van der Waals surface area contributed by atoms with Crippen molar-refractivity contribution in [3.63, 3.8) is 0 Å². The second-order valence-electron chi connectivity index (χ2n) is 9.12. The molecule has 186 valence electrons. The van der Waals surface area contributed by atoms with Crippen LogP contribution in [0.15, 0.2) is 57.7 Å². The number of likely N-dealkylation sites (tertiary alicyclic amines) is 1. The van der Waals surface area contributed by atoms with Crippen molar-refractivity contribution < 1.29 is 19.4 Å². The van der Waals surface area contributed by atoms with Crippen LogP contribution in [0.2, 0.25) is 0 Å². The quantitative estimate of drug-likeness (QED) is 0.462. The number of rotatable bonds is 8. The Labute approximate surface area is 207 Å². The molecule has 1 fully saturated rings. The van der Waals surface area contributed by atoms with E-state index in [0.717, 1.165) is 23.0 Å². The number of aromatic amines is 1. The first-order valence-electron chi connectivity index (χ1n) is 12.3. The van der Waals surface area contributed by atoms with Gasteiger partial charge in [-0.2, -0.15) is 11.3 Å². The van der Waals surface area contributed by atoms with Crippen LogP contribution in [0, 0.1) is 0 Å². The lowest BCUT2D eigenvalue weighted by molar-refractivity contribution is -0.153. The summed E-state index contributed by atoms with van der Waals surface area (Å²) in [7, 11) is 0. The zero-order chi connectivity index (χ0) is 24.2. The van der Waals surface area contributed by atoms with Crippen molar-refractivity contribution >= 4 is 28.3 Å². The minimum atomic E-state index is -0.495. The third-order valence-corrected chi connectivity index (χ3v) is 7.54. The first kappa shape index (κ1) is 23.8. The molecule has 5 rings (SSSR count). The van der Waals surface area contributed by atoms with Crippen LogP contribution in [-0.4, -0.2) is 58.1 Å². The van der Waals surface area contributed by atoms with E-state index in [1.807, 2.05) is 45.2 Å². The lowest BCUT2D eigenvalue weighted by Gasteiger charge is -2.35. The fourth-order valence-electron chi connectivity index (χ4n) is 4.98. The number of carbonyl (C=O) groups excluding carboxylic acids is 1. The largest absolute Gasteiger partial charge is 0.459 e. The average Bonchev–Trinajstić information content (AvgIpc) is 3.54. The normalized spacial score (nSPS) is 21.2. The highest BCUT2D eigenvalue weighted by Gasteiger charge is 2.33. The number of aliphatic hydroxyl groups excluding tert-OH is 1. The number of amides is 1. The number of aliphatic hydroxyl groups is 1. The van der Waals surface area contributed by atoms with Gasteiger partial charge in [-0.05, 0) is 66.3 Å². The van der Waals surface area contributed by atoms with E-state index in [1.165, 1.54) is 0 Å². The van der Waals surface area contributed by atoms with E-state index in [2.05, 4.69) is 16.4 Å². The summed E-state index contributed by atoms with van der Waals surface area (Å²) in [6, 6.07) is 9.83. The molecule has 4 heterocycles. The lowest BCUT2D eigenvalue weighted by Crippen LogP contribution is -2.42. The van der Waals surface area contributed by atoms with E-state index in [1.54, 1.807) is 11.3 Å². The molecule has 1 saturated heterocycles. The Hall–Kier alpha value is -2.88. The van der Waals surface area contributed by atoms with Gasteiger partial charge in [0.15, 0.2) is 5.76 Å². The number of H-pyrrole nitrogens is 1. The fourth-order valence-corrected chi connectivity index (χ4v) is 5.70. The molecular formula is C26H31N3O5S. The van der Waals surface area contributed by atoms with Crippen molar-refractivity contribution in [2.45, 2.75) is 50.4 Å². The Morgan fingerprint density at radius 2 is 2.03 bits per heavy atom. The van der Waals surface area contributed by atoms with Crippen molar-refractivity contribution in [3.8, 4) is 0 Å². The molecule has 0 saturated carbocycles. The van der Waals surface area contributed by atoms with Gasteiger partial charge in [0.1, 0.15) is 0 Å². The fraction of sp³-hybridized carbons (Fsp3) is 0.462. The number of aromatic nitrogens is 2. The first-order valence-corrected chi connectivity index (χ1v) is 13.2. The molecule has 3 aromatic rings. The molecule has 0 spiro atoms. The minimum absolute atomic E-state index is 0.0464. The van der Waals surface area contributed by atoms with Gasteiger partial charge in [-0.15, -0.1) is 0 Å². The Morgan fingerprint density at radius 1 is 1.20 bits per heavy atom. The molecule has 8 nitrogen and oxygen atoms in total. The maximum atomic E-state index is 13.4. The highest BCUT2D eigenvalue weighted by atomic mass is 32.1. The zero-order valence-corrected chi connectivity index (χ0v) is 20.4. The predicted octanol–water partition coefficient (Wildman–Crippen LogP) is 3.76. The number of imidazole rings is 1. The van der Waals surface area contributed by atoms with Gasteiger partial charge in [0.2, 0.25) is 6.29 Å². The number of ether oxygens (including phenoxy) is 2. The van der Waals surface area contributed by atoms with Crippen LogP contribution in [0.3, 0.4) is 0 Å². The molecular weight excluding hydrogens is 466 g/mol. The molecule has 2 aliphatic rings. The Balaban J connectivity index is 1.27. The van der Waals surface area contributed by atoms with E-state index < -0.39 is 6.29 Å². The number of benzene rings is 1. The standard InChI is InChI=1S/C26H31N3O5S/c30-12-3-4-13-33-24-16-19(18-9-14-35-17-18)15-23(34-24)25(31)28-10-7-20(8-11-28)29-22-6-2-1-5-21(22)27-26(29)32/h1-2,5-6,9,14-15,17,19-20,24,30H,3-4,7-8,10-13,16H2,(H,27,32)/t19-,24+/m1/s1. The van der Waals surface area contributed by atoms with Gasteiger partial charge in [0.05, 0.1) is 17.6 Å². The zero-order valence-electron chi connectivity index (χ0n) is 19.6. The number of hydrogen-bond acceptors (Lipinski definition) is 6. The van der Waals surface area contributed by atoms with Crippen molar-refractivity contribution in [3.05, 3.63) is 69.0 Å². The maximum Gasteiger partial charge on any atom is 0.326 e. The summed E-state index contributed by atoms with van der Waals surface area (Å²) in [5, 5.41) is 13.1. The second-order valence-corrected chi connectivity index (χ2v) is 9.90. The Morgan fingerprint density at radius 3 is 2.80 bits per heavy atom. The van der Waals surface area contributed by atoms with Crippen molar-refractivity contribution in [2.24, 2.45) is 0 Å². The maximum absolute atomic E-state index is 13.4. The van der Waals surface area contributed by atoms with Crippen molar-refractivity contribution in [1.29, 1.82) is 0 Å². The number of piperidine rings is 1. The third-order valence-electron chi connectivity index (χ3n) is 6.84. The highest BCUT2D eigenvalue weighted by Crippen LogP contribution is 2.34. The van der Waals surface area contributed by atoms with E-state index in [-0.39, 0.29) is 30.2 Å². The SMILES string of the molecule is O=C(C1=C[C@@H](c2ccsc2)C[C@@H](OCCCCO)O1)N1CCC(n2c(=O)[nH]c3ccccc32)CC1. The molecule has 2 aromatic heterocycles. The Kier molecular flexibility index (Phi) is 7.36. The van der Waals surface area contributed by atoms with Gasteiger partial charge in [0, 0.05) is 38.1 Å². The predicted molar refractivity (Wildman–Crippen MR) is 134 cm³/mol. The molecule has 1 amide bonds. The van der Waals surface area contributed by atoms with Crippen LogP contribution < -0.4 is 5.69 Å². The van der Waals surface area contributed by atoms with Crippen LogP contribution in [0.4, 0.5) is 0 Å². The minimum Gasteiger partial charge on any atom is -0.459 e. The molecule has 2 N–H and O–H groups in total. The molecule has 0 radical (unpaired) electrons. The van der Waals surface area contributed by atoms with Crippen LogP contribution in [0.5, 0.6) is 0 Å². The lowest BCUT2D eigenvalue weighted by atomic mass is 9.95.